The summed E-state index contributed by atoms with van der Waals surface area (Å²) < 4.78 is 38.7. The number of benzene rings is 2. The van der Waals surface area contributed by atoms with Crippen LogP contribution in [0.4, 0.5) is 10.5 Å². The Kier molecular flexibility index (Phi) is 4.40. The van der Waals surface area contributed by atoms with E-state index in [1.165, 1.54) is 11.0 Å². The van der Waals surface area contributed by atoms with Crippen LogP contribution in [0.2, 0.25) is 0 Å². The highest BCUT2D eigenvalue weighted by molar-refractivity contribution is 7.89. The number of ether oxygens (including phenoxy) is 2. The molecule has 2 N–H and O–H groups in total. The quantitative estimate of drug-likeness (QED) is 0.814. The SMILES string of the molecule is COc1ccc(NC(=O)N2C[C@@H]3Oc4ccccc4S(=O)(=O)N[C@@H]3C2)cc1. The number of rotatable bonds is 2. The van der Waals surface area contributed by atoms with Gasteiger partial charge < -0.3 is 19.7 Å². The zero-order valence-corrected chi connectivity index (χ0v) is 15.4. The number of methoxy groups -OCH3 is 1. The average molecular weight is 389 g/mol. The van der Waals surface area contributed by atoms with Gasteiger partial charge in [0.05, 0.1) is 19.7 Å². The van der Waals surface area contributed by atoms with Crippen LogP contribution in [0.1, 0.15) is 0 Å². The largest absolute Gasteiger partial charge is 0.497 e. The molecule has 0 radical (unpaired) electrons. The van der Waals surface area contributed by atoms with Crippen molar-refractivity contribution < 1.29 is 22.7 Å². The number of amides is 2. The van der Waals surface area contributed by atoms with Gasteiger partial charge in [-0.3, -0.25) is 0 Å². The normalized spacial score (nSPS) is 22.8. The number of para-hydroxylation sites is 1. The predicted molar refractivity (Wildman–Crippen MR) is 98.6 cm³/mol. The first-order valence-electron chi connectivity index (χ1n) is 8.44. The Morgan fingerprint density at radius 1 is 1.19 bits per heavy atom. The molecule has 2 atom stereocenters. The third-order valence-electron chi connectivity index (χ3n) is 4.62. The minimum atomic E-state index is -3.70. The Morgan fingerprint density at radius 3 is 2.67 bits per heavy atom. The average Bonchev–Trinajstić information content (AvgIpc) is 3.00. The van der Waals surface area contributed by atoms with E-state index in [0.29, 0.717) is 17.2 Å². The minimum Gasteiger partial charge on any atom is -0.497 e. The number of nitrogens with one attached hydrogen (secondary N) is 2. The van der Waals surface area contributed by atoms with Crippen LogP contribution in [0.5, 0.6) is 11.5 Å². The molecule has 0 aromatic heterocycles. The van der Waals surface area contributed by atoms with Crippen molar-refractivity contribution in [3.05, 3.63) is 48.5 Å². The number of hydrogen-bond acceptors (Lipinski definition) is 5. The van der Waals surface area contributed by atoms with E-state index in [1.807, 2.05) is 0 Å². The lowest BCUT2D eigenvalue weighted by Gasteiger charge is -2.18. The fraction of sp³-hybridized carbons (Fsp3) is 0.278. The van der Waals surface area contributed by atoms with Crippen molar-refractivity contribution in [3.63, 3.8) is 0 Å². The highest BCUT2D eigenvalue weighted by Gasteiger charge is 2.42. The van der Waals surface area contributed by atoms with E-state index in [0.717, 1.165) is 0 Å². The maximum Gasteiger partial charge on any atom is 0.322 e. The summed E-state index contributed by atoms with van der Waals surface area (Å²) in [6.07, 6.45) is -0.454. The lowest BCUT2D eigenvalue weighted by Crippen LogP contribution is -2.43. The Balaban J connectivity index is 1.49. The van der Waals surface area contributed by atoms with E-state index in [9.17, 15) is 13.2 Å². The van der Waals surface area contributed by atoms with Crippen LogP contribution in [0.25, 0.3) is 0 Å². The van der Waals surface area contributed by atoms with Crippen LogP contribution >= 0.6 is 0 Å². The van der Waals surface area contributed by atoms with Crippen LogP contribution < -0.4 is 19.5 Å². The summed E-state index contributed by atoms with van der Waals surface area (Å²) >= 11 is 0. The van der Waals surface area contributed by atoms with Gasteiger partial charge in [0.2, 0.25) is 10.0 Å². The van der Waals surface area contributed by atoms with Gasteiger partial charge in [0.25, 0.3) is 0 Å². The van der Waals surface area contributed by atoms with E-state index in [4.69, 9.17) is 9.47 Å². The highest BCUT2D eigenvalue weighted by Crippen LogP contribution is 2.30. The van der Waals surface area contributed by atoms with Gasteiger partial charge >= 0.3 is 6.03 Å². The maximum atomic E-state index is 12.6. The predicted octanol–water partition coefficient (Wildman–Crippen LogP) is 1.65. The number of fused-ring (bicyclic) bond motifs is 2. The number of likely N-dealkylation sites (tertiary alicyclic amines) is 1. The summed E-state index contributed by atoms with van der Waals surface area (Å²) in [5.74, 6) is 0.993. The van der Waals surface area contributed by atoms with Gasteiger partial charge in [0.1, 0.15) is 22.5 Å². The molecule has 0 bridgehead atoms. The van der Waals surface area contributed by atoms with Crippen LogP contribution in [0.3, 0.4) is 0 Å². The number of carbonyl (C=O) groups excluding carboxylic acids is 1. The first-order valence-corrected chi connectivity index (χ1v) is 9.92. The molecule has 0 unspecified atom stereocenters. The van der Waals surface area contributed by atoms with Gasteiger partial charge in [0, 0.05) is 12.2 Å². The van der Waals surface area contributed by atoms with Crippen molar-refractivity contribution in [1.82, 2.24) is 9.62 Å². The third kappa shape index (κ3) is 3.43. The summed E-state index contributed by atoms with van der Waals surface area (Å²) in [7, 11) is -2.12. The monoisotopic (exact) mass is 389 g/mol. The topological polar surface area (TPSA) is 97.0 Å². The molecule has 8 nitrogen and oxygen atoms in total. The second-order valence-corrected chi connectivity index (χ2v) is 8.08. The molecule has 2 aromatic rings. The van der Waals surface area contributed by atoms with E-state index < -0.39 is 22.2 Å². The molecule has 0 aliphatic carbocycles. The molecule has 142 valence electrons. The molecule has 2 aliphatic heterocycles. The number of sulfonamides is 1. The van der Waals surface area contributed by atoms with E-state index in [-0.39, 0.29) is 24.0 Å². The first kappa shape index (κ1) is 17.6. The summed E-state index contributed by atoms with van der Waals surface area (Å²) in [6.45, 7) is 0.503. The Bertz CT molecular complexity index is 961. The Hall–Kier alpha value is -2.78. The second kappa shape index (κ2) is 6.75. The molecule has 4 rings (SSSR count). The standard InChI is InChI=1S/C18H19N3O5S/c1-25-13-8-6-12(7-9-13)19-18(22)21-10-14-16(11-21)26-15-4-2-3-5-17(15)27(23,24)20-14/h2-9,14,16,20H,10-11H2,1H3,(H,19,22)/t14-,16+/m1/s1. The molecule has 1 saturated heterocycles. The van der Waals surface area contributed by atoms with Crippen molar-refractivity contribution in [2.45, 2.75) is 17.0 Å². The van der Waals surface area contributed by atoms with Gasteiger partial charge in [-0.25, -0.2) is 17.9 Å². The highest BCUT2D eigenvalue weighted by atomic mass is 32.2. The zero-order chi connectivity index (χ0) is 19.0. The molecule has 27 heavy (non-hydrogen) atoms. The molecule has 2 amide bonds. The van der Waals surface area contributed by atoms with E-state index >= 15 is 0 Å². The molecule has 0 spiro atoms. The van der Waals surface area contributed by atoms with Crippen LogP contribution in [0.15, 0.2) is 53.4 Å². The lowest BCUT2D eigenvalue weighted by molar-refractivity contribution is 0.184. The molecule has 2 aliphatic rings. The van der Waals surface area contributed by atoms with E-state index in [1.54, 1.807) is 49.6 Å². The molecule has 2 heterocycles. The first-order chi connectivity index (χ1) is 13.0. The number of urea groups is 1. The maximum absolute atomic E-state index is 12.6. The smallest absolute Gasteiger partial charge is 0.322 e. The van der Waals surface area contributed by atoms with Crippen LogP contribution in [-0.2, 0) is 10.0 Å². The zero-order valence-electron chi connectivity index (χ0n) is 14.6. The second-order valence-electron chi connectivity index (χ2n) is 6.39. The van der Waals surface area contributed by atoms with Crippen molar-refractivity contribution in [2.24, 2.45) is 0 Å². The summed E-state index contributed by atoms with van der Waals surface area (Å²) in [6, 6.07) is 12.6. The Morgan fingerprint density at radius 2 is 1.93 bits per heavy atom. The van der Waals surface area contributed by atoms with Crippen molar-refractivity contribution in [1.29, 1.82) is 0 Å². The number of anilines is 1. The van der Waals surface area contributed by atoms with Crippen molar-refractivity contribution >= 4 is 21.7 Å². The third-order valence-corrected chi connectivity index (χ3v) is 6.15. The van der Waals surface area contributed by atoms with Gasteiger partial charge in [-0.1, -0.05) is 12.1 Å². The lowest BCUT2D eigenvalue weighted by atomic mass is 10.2. The number of carbonyl (C=O) groups is 1. The number of hydrogen-bond donors (Lipinski definition) is 2. The molecule has 1 fully saturated rings. The molecule has 2 aromatic carbocycles. The fourth-order valence-corrected chi connectivity index (χ4v) is 4.64. The van der Waals surface area contributed by atoms with E-state index in [2.05, 4.69) is 10.0 Å². The molecular weight excluding hydrogens is 370 g/mol. The van der Waals surface area contributed by atoms with Crippen LogP contribution in [0, 0.1) is 0 Å². The van der Waals surface area contributed by atoms with Gasteiger partial charge in [-0.05, 0) is 36.4 Å². The fourth-order valence-electron chi connectivity index (χ4n) is 3.24. The van der Waals surface area contributed by atoms with Gasteiger partial charge in [-0.15, -0.1) is 0 Å². The summed E-state index contributed by atoms with van der Waals surface area (Å²) in [4.78, 5) is 14.2. The molecule has 9 heteroatoms. The van der Waals surface area contributed by atoms with Crippen LogP contribution in [-0.4, -0.2) is 51.7 Å². The molecule has 0 saturated carbocycles. The molecular formula is C18H19N3O5S. The summed E-state index contributed by atoms with van der Waals surface area (Å²) in [5.41, 5.74) is 0.625. The Labute approximate surface area is 157 Å². The number of nitrogens with zero attached hydrogens (tertiary/aromatic N) is 1. The van der Waals surface area contributed by atoms with Gasteiger partial charge in [-0.2, -0.15) is 0 Å². The van der Waals surface area contributed by atoms with Crippen molar-refractivity contribution in [2.75, 3.05) is 25.5 Å². The van der Waals surface area contributed by atoms with Gasteiger partial charge in [0.15, 0.2) is 0 Å². The van der Waals surface area contributed by atoms with Crippen molar-refractivity contribution in [3.8, 4) is 11.5 Å². The summed E-state index contributed by atoms with van der Waals surface area (Å²) in [5, 5.41) is 2.80. The minimum absolute atomic E-state index is 0.119.